The highest BCUT2D eigenvalue weighted by atomic mass is 14.7. The van der Waals surface area contributed by atoms with Gasteiger partial charge in [0.05, 0.1) is 0 Å². The minimum atomic E-state index is 1.26. The quantitative estimate of drug-likeness (QED) is 0.544. The van der Waals surface area contributed by atoms with E-state index in [1.165, 1.54) is 76.3 Å². The molecule has 0 aromatic heterocycles. The average Bonchev–Trinajstić information content (AvgIpc) is 2.19. The van der Waals surface area contributed by atoms with Crippen molar-refractivity contribution in [3.63, 3.8) is 0 Å². The second-order valence-corrected chi connectivity index (χ2v) is 4.47. The summed E-state index contributed by atoms with van der Waals surface area (Å²) in [6.07, 6.45) is 15.4. The van der Waals surface area contributed by atoms with Crippen LogP contribution in [0.2, 0.25) is 0 Å². The van der Waals surface area contributed by atoms with Gasteiger partial charge in [-0.3, -0.25) is 4.99 Å². The summed E-state index contributed by atoms with van der Waals surface area (Å²) in [5.41, 5.74) is 1.46. The van der Waals surface area contributed by atoms with Crippen LogP contribution < -0.4 is 0 Å². The van der Waals surface area contributed by atoms with Gasteiger partial charge < -0.3 is 0 Å². The molecular weight excluding hydrogens is 170 g/mol. The highest BCUT2D eigenvalue weighted by Gasteiger charge is 2.01. The molecule has 0 bridgehead atoms. The van der Waals surface area contributed by atoms with Gasteiger partial charge in [0.15, 0.2) is 0 Å². The Morgan fingerprint density at radius 3 is 1.36 bits per heavy atom. The van der Waals surface area contributed by atoms with Crippen molar-refractivity contribution in [2.75, 3.05) is 7.05 Å². The number of hydrogen-bond acceptors (Lipinski definition) is 1. The van der Waals surface area contributed by atoms with Crippen LogP contribution in [0.3, 0.4) is 0 Å². The van der Waals surface area contributed by atoms with E-state index < -0.39 is 0 Å². The largest absolute Gasteiger partial charge is 0.297 e. The van der Waals surface area contributed by atoms with E-state index in [4.69, 9.17) is 0 Å². The predicted molar refractivity (Wildman–Crippen MR) is 64.1 cm³/mol. The molecule has 0 aliphatic heterocycles. The summed E-state index contributed by atoms with van der Waals surface area (Å²) in [6, 6.07) is 0. The van der Waals surface area contributed by atoms with Crippen LogP contribution in [0.25, 0.3) is 0 Å². The Hall–Kier alpha value is -0.330. The average molecular weight is 195 g/mol. The molecule has 1 heteroatoms. The molecule has 0 heterocycles. The van der Waals surface area contributed by atoms with Gasteiger partial charge in [0.1, 0.15) is 0 Å². The molecule has 0 radical (unpaired) electrons. The molecule has 1 saturated carbocycles. The maximum Gasteiger partial charge on any atom is 0.0276 e. The topological polar surface area (TPSA) is 12.4 Å². The van der Waals surface area contributed by atoms with Gasteiger partial charge in [-0.05, 0) is 25.7 Å². The second-order valence-electron chi connectivity index (χ2n) is 4.47. The number of aliphatic imine (C=N–C) groups is 1. The maximum absolute atomic E-state index is 4.39. The zero-order valence-electron chi connectivity index (χ0n) is 9.73. The fourth-order valence-electron chi connectivity index (χ4n) is 2.24. The molecule has 0 aromatic carbocycles. The van der Waals surface area contributed by atoms with E-state index in [0.29, 0.717) is 0 Å². The Bertz CT molecular complexity index is 147. The second kappa shape index (κ2) is 8.02. The third kappa shape index (κ3) is 5.41. The molecule has 0 amide bonds. The fourth-order valence-corrected chi connectivity index (χ4v) is 2.24. The van der Waals surface area contributed by atoms with Gasteiger partial charge in [-0.2, -0.15) is 0 Å². The lowest BCUT2D eigenvalue weighted by atomic mass is 10.00. The number of rotatable bonds is 0. The van der Waals surface area contributed by atoms with Crippen LogP contribution in [0.15, 0.2) is 4.99 Å². The normalized spacial score (nSPS) is 22.2. The van der Waals surface area contributed by atoms with Crippen molar-refractivity contribution in [3.05, 3.63) is 0 Å². The summed E-state index contributed by atoms with van der Waals surface area (Å²) in [4.78, 5) is 4.39. The molecule has 14 heavy (non-hydrogen) atoms. The first-order valence-corrected chi connectivity index (χ1v) is 6.38. The summed E-state index contributed by atoms with van der Waals surface area (Å²) < 4.78 is 0. The van der Waals surface area contributed by atoms with E-state index in [1.807, 2.05) is 7.05 Å². The van der Waals surface area contributed by atoms with E-state index in [-0.39, 0.29) is 0 Å². The molecule has 1 fully saturated rings. The van der Waals surface area contributed by atoms with Crippen molar-refractivity contribution >= 4 is 5.71 Å². The summed E-state index contributed by atoms with van der Waals surface area (Å²) in [6.45, 7) is 0. The lowest BCUT2D eigenvalue weighted by molar-refractivity contribution is 0.555. The predicted octanol–water partition coefficient (Wildman–Crippen LogP) is 4.36. The van der Waals surface area contributed by atoms with Crippen LogP contribution in [-0.4, -0.2) is 12.8 Å². The molecule has 0 spiro atoms. The van der Waals surface area contributed by atoms with Gasteiger partial charge in [0.25, 0.3) is 0 Å². The van der Waals surface area contributed by atoms with E-state index in [9.17, 15) is 0 Å². The monoisotopic (exact) mass is 195 g/mol. The first-order chi connectivity index (χ1) is 6.93. The standard InChI is InChI=1S/C13H25N/c1-14-13-11-9-7-5-3-2-4-6-8-10-12-13/h2-12H2,1H3. The minimum absolute atomic E-state index is 1.26. The molecule has 1 nitrogen and oxygen atoms in total. The Kier molecular flexibility index (Phi) is 6.73. The highest BCUT2D eigenvalue weighted by molar-refractivity contribution is 5.84. The first-order valence-electron chi connectivity index (χ1n) is 6.38. The maximum atomic E-state index is 4.39. The van der Waals surface area contributed by atoms with Gasteiger partial charge in [0, 0.05) is 12.8 Å². The first kappa shape index (κ1) is 11.7. The van der Waals surface area contributed by atoms with E-state index in [2.05, 4.69) is 4.99 Å². The zero-order valence-corrected chi connectivity index (χ0v) is 9.73. The van der Waals surface area contributed by atoms with Crippen LogP contribution in [0.4, 0.5) is 0 Å². The Balaban J connectivity index is 2.24. The SMILES string of the molecule is CN=C1CCCCCCCCCCC1. The summed E-state index contributed by atoms with van der Waals surface area (Å²) in [5, 5.41) is 0. The van der Waals surface area contributed by atoms with Crippen molar-refractivity contribution in [1.82, 2.24) is 0 Å². The van der Waals surface area contributed by atoms with Crippen LogP contribution in [0.1, 0.15) is 70.6 Å². The van der Waals surface area contributed by atoms with Crippen molar-refractivity contribution in [3.8, 4) is 0 Å². The molecule has 82 valence electrons. The van der Waals surface area contributed by atoms with Crippen LogP contribution >= 0.6 is 0 Å². The zero-order chi connectivity index (χ0) is 10.1. The van der Waals surface area contributed by atoms with E-state index in [0.717, 1.165) is 0 Å². The van der Waals surface area contributed by atoms with Crippen LogP contribution in [-0.2, 0) is 0 Å². The van der Waals surface area contributed by atoms with Gasteiger partial charge in [-0.1, -0.05) is 44.9 Å². The molecule has 0 saturated heterocycles. The lowest BCUT2D eigenvalue weighted by Gasteiger charge is -2.08. The summed E-state index contributed by atoms with van der Waals surface area (Å²) >= 11 is 0. The Labute approximate surface area is 89.0 Å². The molecule has 1 aliphatic rings. The van der Waals surface area contributed by atoms with E-state index in [1.54, 1.807) is 0 Å². The van der Waals surface area contributed by atoms with Crippen molar-refractivity contribution < 1.29 is 0 Å². The van der Waals surface area contributed by atoms with Crippen LogP contribution in [0.5, 0.6) is 0 Å². The molecule has 0 aromatic rings. The van der Waals surface area contributed by atoms with Gasteiger partial charge >= 0.3 is 0 Å². The smallest absolute Gasteiger partial charge is 0.0276 e. The number of hydrogen-bond donors (Lipinski definition) is 0. The van der Waals surface area contributed by atoms with Crippen molar-refractivity contribution in [1.29, 1.82) is 0 Å². The van der Waals surface area contributed by atoms with Gasteiger partial charge in [-0.15, -0.1) is 0 Å². The molecule has 0 N–H and O–H groups in total. The van der Waals surface area contributed by atoms with Gasteiger partial charge in [-0.25, -0.2) is 0 Å². The Morgan fingerprint density at radius 2 is 1.00 bits per heavy atom. The molecule has 0 unspecified atom stereocenters. The molecule has 0 atom stereocenters. The Morgan fingerprint density at radius 1 is 0.643 bits per heavy atom. The molecule has 1 rings (SSSR count). The van der Waals surface area contributed by atoms with Crippen molar-refractivity contribution in [2.24, 2.45) is 4.99 Å². The van der Waals surface area contributed by atoms with Crippen molar-refractivity contribution in [2.45, 2.75) is 70.6 Å². The summed E-state index contributed by atoms with van der Waals surface area (Å²) in [7, 11) is 1.96. The lowest BCUT2D eigenvalue weighted by Crippen LogP contribution is -1.99. The fraction of sp³-hybridized carbons (Fsp3) is 0.923. The van der Waals surface area contributed by atoms with E-state index >= 15 is 0 Å². The van der Waals surface area contributed by atoms with Crippen LogP contribution in [0, 0.1) is 0 Å². The number of nitrogens with zero attached hydrogens (tertiary/aromatic N) is 1. The highest BCUT2D eigenvalue weighted by Crippen LogP contribution is 2.15. The van der Waals surface area contributed by atoms with Gasteiger partial charge in [0.2, 0.25) is 0 Å². The third-order valence-electron chi connectivity index (χ3n) is 3.25. The molecule has 1 aliphatic carbocycles. The third-order valence-corrected chi connectivity index (χ3v) is 3.25. The minimum Gasteiger partial charge on any atom is -0.297 e. The molecular formula is C13H25N. The summed E-state index contributed by atoms with van der Waals surface area (Å²) in [5.74, 6) is 0.